The summed E-state index contributed by atoms with van der Waals surface area (Å²) in [5.74, 6) is 0. The number of rotatable bonds is 5. The lowest BCUT2D eigenvalue weighted by atomic mass is 10.4. The van der Waals surface area contributed by atoms with E-state index < -0.39 is 25.6 Å². The predicted molar refractivity (Wildman–Crippen MR) is 115 cm³/mol. The molecule has 0 N–H and O–H groups in total. The molecule has 0 spiro atoms. The van der Waals surface area contributed by atoms with Crippen molar-refractivity contribution in [2.45, 2.75) is 20.2 Å². The fraction of sp³-hybridized carbons (Fsp3) is 0.100. The number of hydrogen-bond donors (Lipinski definition) is 0. The SMILES string of the molecule is CS(=O)(=O)[N-]S(=O)(=O)C(F)(F)F.c1ccc([S+](c2ccccc2)c2ccccc2)cc1. The van der Waals surface area contributed by atoms with Crippen LogP contribution in [0.4, 0.5) is 13.2 Å². The Bertz CT molecular complexity index is 1080. The van der Waals surface area contributed by atoms with E-state index >= 15 is 0 Å². The van der Waals surface area contributed by atoms with Crippen LogP contribution < -0.4 is 0 Å². The second-order valence-corrected chi connectivity index (χ2v) is 11.5. The summed E-state index contributed by atoms with van der Waals surface area (Å²) in [7, 11) is -10.5. The average Bonchev–Trinajstić information content (AvgIpc) is 2.69. The maximum atomic E-state index is 11.4. The van der Waals surface area contributed by atoms with Crippen molar-refractivity contribution in [2.24, 2.45) is 0 Å². The first kappa shape index (κ1) is 24.9. The van der Waals surface area contributed by atoms with Crippen LogP contribution in [0, 0.1) is 0 Å². The van der Waals surface area contributed by atoms with E-state index in [1.807, 2.05) is 0 Å². The standard InChI is InChI=1S/C18H15S.C2H3F3NO4S2/c1-4-10-16(11-5-1)19(17-12-6-2-7-13-17)18-14-8-3-9-15-18;1-11(7,8)6-12(9,10)2(3,4)5/h1-15H;1H3/q+1;-1. The molecule has 0 fully saturated rings. The van der Waals surface area contributed by atoms with E-state index in [2.05, 4.69) is 91.0 Å². The number of sulfonamides is 2. The molecule has 0 aliphatic carbocycles. The highest BCUT2D eigenvalue weighted by atomic mass is 32.3. The van der Waals surface area contributed by atoms with Crippen molar-refractivity contribution in [1.82, 2.24) is 0 Å². The van der Waals surface area contributed by atoms with E-state index in [1.165, 1.54) is 14.7 Å². The summed E-state index contributed by atoms with van der Waals surface area (Å²) < 4.78 is 76.0. The highest BCUT2D eigenvalue weighted by Crippen LogP contribution is 2.30. The van der Waals surface area contributed by atoms with Crippen LogP contribution in [0.2, 0.25) is 0 Å². The van der Waals surface area contributed by atoms with Gasteiger partial charge in [-0.05, 0) is 36.4 Å². The van der Waals surface area contributed by atoms with Gasteiger partial charge in [0, 0.05) is 6.26 Å². The first-order valence-corrected chi connectivity index (χ1v) is 13.1. The smallest absolute Gasteiger partial charge is 0.429 e. The molecular formula is C20H18F3NO4S3. The van der Waals surface area contributed by atoms with Crippen LogP contribution >= 0.6 is 0 Å². The van der Waals surface area contributed by atoms with E-state index in [9.17, 15) is 30.0 Å². The number of alkyl halides is 3. The zero-order valence-electron chi connectivity index (χ0n) is 16.1. The lowest BCUT2D eigenvalue weighted by molar-refractivity contribution is -0.0425. The van der Waals surface area contributed by atoms with Crippen molar-refractivity contribution >= 4 is 30.9 Å². The highest BCUT2D eigenvalue weighted by molar-refractivity contribution is 8.12. The minimum absolute atomic E-state index is 0.0146. The summed E-state index contributed by atoms with van der Waals surface area (Å²) in [6.45, 7) is 0. The van der Waals surface area contributed by atoms with Crippen LogP contribution in [0.25, 0.3) is 4.13 Å². The van der Waals surface area contributed by atoms with Gasteiger partial charge >= 0.3 is 5.51 Å². The summed E-state index contributed by atoms with van der Waals surface area (Å²) in [6, 6.07) is 32.2. The first-order valence-electron chi connectivity index (χ1n) is 8.56. The molecule has 0 atom stereocenters. The van der Waals surface area contributed by atoms with Gasteiger partial charge in [0.1, 0.15) is 0 Å². The van der Waals surface area contributed by atoms with Gasteiger partial charge in [-0.1, -0.05) is 54.6 Å². The number of benzene rings is 3. The molecule has 0 aliphatic rings. The van der Waals surface area contributed by atoms with Gasteiger partial charge in [0.2, 0.25) is 0 Å². The van der Waals surface area contributed by atoms with Gasteiger partial charge in [0.25, 0.3) is 0 Å². The largest absolute Gasteiger partial charge is 0.480 e. The predicted octanol–water partition coefficient (Wildman–Crippen LogP) is 4.95. The molecule has 0 radical (unpaired) electrons. The van der Waals surface area contributed by atoms with Gasteiger partial charge in [0.15, 0.2) is 24.7 Å². The minimum Gasteiger partial charge on any atom is -0.429 e. The van der Waals surface area contributed by atoms with Gasteiger partial charge < -0.3 is 4.13 Å². The van der Waals surface area contributed by atoms with Gasteiger partial charge in [0.05, 0.1) is 20.9 Å². The Hall–Kier alpha value is -2.34. The molecule has 166 valence electrons. The molecule has 5 nitrogen and oxygen atoms in total. The molecule has 11 heteroatoms. The summed E-state index contributed by atoms with van der Waals surface area (Å²) in [4.78, 5) is 4.08. The van der Waals surface area contributed by atoms with Crippen LogP contribution in [0.5, 0.6) is 0 Å². The van der Waals surface area contributed by atoms with Crippen molar-refractivity contribution < 1.29 is 30.0 Å². The highest BCUT2D eigenvalue weighted by Gasteiger charge is 2.40. The second-order valence-electron chi connectivity index (χ2n) is 5.97. The molecule has 0 aromatic heterocycles. The lowest BCUT2D eigenvalue weighted by Gasteiger charge is -2.19. The Morgan fingerprint density at radius 2 is 0.935 bits per heavy atom. The van der Waals surface area contributed by atoms with Gasteiger partial charge in [-0.3, -0.25) is 0 Å². The Morgan fingerprint density at radius 3 is 1.13 bits per heavy atom. The van der Waals surface area contributed by atoms with Crippen LogP contribution in [-0.4, -0.2) is 28.6 Å². The monoisotopic (exact) mass is 489 g/mol. The third kappa shape index (κ3) is 7.69. The third-order valence-electron chi connectivity index (χ3n) is 3.46. The van der Waals surface area contributed by atoms with Gasteiger partial charge in [-0.15, -0.1) is 0 Å². The molecule has 0 heterocycles. The molecule has 0 bridgehead atoms. The fourth-order valence-electron chi connectivity index (χ4n) is 2.30. The van der Waals surface area contributed by atoms with Crippen molar-refractivity contribution in [3.63, 3.8) is 0 Å². The number of nitrogens with zero attached hydrogens (tertiary/aromatic N) is 1. The topological polar surface area (TPSA) is 82.4 Å². The lowest BCUT2D eigenvalue weighted by Crippen LogP contribution is -2.23. The average molecular weight is 490 g/mol. The Morgan fingerprint density at radius 1 is 0.645 bits per heavy atom. The number of halogens is 3. The summed E-state index contributed by atoms with van der Waals surface area (Å²) in [5.41, 5.74) is -5.67. The molecule has 0 saturated heterocycles. The van der Waals surface area contributed by atoms with E-state index in [0.717, 1.165) is 0 Å². The zero-order chi connectivity index (χ0) is 23.1. The molecule has 0 aliphatic heterocycles. The first-order chi connectivity index (χ1) is 14.4. The third-order valence-corrected chi connectivity index (χ3v) is 8.15. The Balaban J connectivity index is 0.000000248. The molecular weight excluding hydrogens is 471 g/mol. The summed E-state index contributed by atoms with van der Waals surface area (Å²) in [6.07, 6.45) is 0.246. The maximum Gasteiger partial charge on any atom is 0.480 e. The van der Waals surface area contributed by atoms with Crippen molar-refractivity contribution in [3.05, 3.63) is 95.1 Å². The van der Waals surface area contributed by atoms with Crippen molar-refractivity contribution in [3.8, 4) is 0 Å². The van der Waals surface area contributed by atoms with E-state index in [-0.39, 0.29) is 17.2 Å². The van der Waals surface area contributed by atoms with Crippen LogP contribution in [0.1, 0.15) is 0 Å². The quantitative estimate of drug-likeness (QED) is 0.475. The van der Waals surface area contributed by atoms with Crippen LogP contribution in [0.15, 0.2) is 106 Å². The van der Waals surface area contributed by atoms with E-state index in [4.69, 9.17) is 0 Å². The normalized spacial score (nSPS) is 12.2. The Kier molecular flexibility index (Phi) is 8.29. The molecule has 0 unspecified atom stereocenters. The van der Waals surface area contributed by atoms with Crippen LogP contribution in [-0.2, 0) is 30.9 Å². The van der Waals surface area contributed by atoms with E-state index in [1.54, 1.807) is 4.13 Å². The molecule has 31 heavy (non-hydrogen) atoms. The molecule has 0 amide bonds. The maximum absolute atomic E-state index is 11.4. The number of hydrogen-bond acceptors (Lipinski definition) is 4. The second kappa shape index (κ2) is 10.3. The van der Waals surface area contributed by atoms with E-state index in [0.29, 0.717) is 0 Å². The summed E-state index contributed by atoms with van der Waals surface area (Å²) >= 11 is 0. The molecule has 3 rings (SSSR count). The van der Waals surface area contributed by atoms with Gasteiger partial charge in [-0.25, -0.2) is 16.8 Å². The molecule has 3 aromatic rings. The van der Waals surface area contributed by atoms with Crippen molar-refractivity contribution in [1.29, 1.82) is 0 Å². The zero-order valence-corrected chi connectivity index (χ0v) is 18.5. The summed E-state index contributed by atoms with van der Waals surface area (Å²) in [5, 5.41) is 0. The molecule has 0 saturated carbocycles. The minimum atomic E-state index is -5.92. The van der Waals surface area contributed by atoms with Gasteiger partial charge in [-0.2, -0.15) is 13.2 Å². The molecule has 3 aromatic carbocycles. The Labute approximate surface area is 182 Å². The van der Waals surface area contributed by atoms with Crippen molar-refractivity contribution in [2.75, 3.05) is 6.26 Å². The van der Waals surface area contributed by atoms with Crippen LogP contribution in [0.3, 0.4) is 0 Å². The fourth-order valence-corrected chi connectivity index (χ4v) is 6.17.